The molecule has 2 nitrogen and oxygen atoms in total. The Morgan fingerprint density at radius 2 is 1.89 bits per heavy atom. The Morgan fingerprint density at radius 1 is 1.16 bits per heavy atom. The third-order valence-electron chi connectivity index (χ3n) is 3.92. The first-order valence-corrected chi connectivity index (χ1v) is 12.7. The van der Waals surface area contributed by atoms with Crippen LogP contribution in [0.25, 0.3) is 0 Å². The zero-order valence-corrected chi connectivity index (χ0v) is 14.2. The summed E-state index contributed by atoms with van der Waals surface area (Å²) in [7, 11) is 0. The first-order valence-electron chi connectivity index (χ1n) is 7.32. The van der Waals surface area contributed by atoms with Gasteiger partial charge in [0, 0.05) is 0 Å². The van der Waals surface area contributed by atoms with Crippen molar-refractivity contribution in [2.24, 2.45) is 0 Å². The maximum atomic E-state index is 12.3. The molecular formula is C16H24GeNO. The van der Waals surface area contributed by atoms with Gasteiger partial charge in [0.15, 0.2) is 0 Å². The van der Waals surface area contributed by atoms with Crippen LogP contribution >= 0.6 is 0 Å². The van der Waals surface area contributed by atoms with Crippen LogP contribution in [0, 0.1) is 0 Å². The van der Waals surface area contributed by atoms with Gasteiger partial charge < -0.3 is 0 Å². The van der Waals surface area contributed by atoms with Crippen molar-refractivity contribution in [1.82, 2.24) is 4.90 Å². The van der Waals surface area contributed by atoms with Gasteiger partial charge in [0.05, 0.1) is 0 Å². The van der Waals surface area contributed by atoms with Crippen molar-refractivity contribution in [3.63, 3.8) is 0 Å². The number of hydrogen-bond acceptors (Lipinski definition) is 1. The molecule has 0 aromatic heterocycles. The van der Waals surface area contributed by atoms with Crippen LogP contribution in [0.15, 0.2) is 30.3 Å². The van der Waals surface area contributed by atoms with Gasteiger partial charge in [-0.05, 0) is 0 Å². The van der Waals surface area contributed by atoms with Gasteiger partial charge in [0.25, 0.3) is 0 Å². The average molecular weight is 319 g/mol. The number of carbonyl (C=O) groups is 1. The molecule has 1 fully saturated rings. The van der Waals surface area contributed by atoms with E-state index < -0.39 is 14.3 Å². The number of amides is 1. The fraction of sp³-hybridized carbons (Fsp3) is 0.562. The van der Waals surface area contributed by atoms with Gasteiger partial charge in [-0.1, -0.05) is 0 Å². The predicted octanol–water partition coefficient (Wildman–Crippen LogP) is 3.29. The third-order valence-corrected chi connectivity index (χ3v) is 7.80. The van der Waals surface area contributed by atoms with Gasteiger partial charge in [-0.25, -0.2) is 0 Å². The summed E-state index contributed by atoms with van der Waals surface area (Å²) in [5.74, 6) is 5.18. The molecule has 1 unspecified atom stereocenters. The standard InChI is InChI=1S/C16H24GeNO/c1-17(2)15(13-14-9-5-3-6-10-14)18-12-8-4-7-11-16(18)19/h3,5-6,9-10,15H,4,7-8,11-13H2,1-2H3. The van der Waals surface area contributed by atoms with E-state index in [1.54, 1.807) is 0 Å². The molecule has 1 aliphatic rings. The van der Waals surface area contributed by atoms with Gasteiger partial charge >= 0.3 is 121 Å². The Hall–Kier alpha value is -0.767. The second-order valence-corrected chi connectivity index (χ2v) is 11.6. The molecule has 0 N–H and O–H groups in total. The second kappa shape index (κ2) is 7.13. The van der Waals surface area contributed by atoms with Crippen molar-refractivity contribution in [1.29, 1.82) is 0 Å². The average Bonchev–Trinajstić information content (AvgIpc) is 2.62. The molecule has 1 aromatic carbocycles. The van der Waals surface area contributed by atoms with E-state index in [1.807, 2.05) is 0 Å². The fourth-order valence-corrected chi connectivity index (χ4v) is 6.03. The van der Waals surface area contributed by atoms with Crippen LogP contribution in [0.4, 0.5) is 0 Å². The van der Waals surface area contributed by atoms with E-state index in [9.17, 15) is 4.79 Å². The number of rotatable bonds is 4. The molecule has 0 aliphatic carbocycles. The molecule has 1 heterocycles. The van der Waals surface area contributed by atoms with Crippen LogP contribution in [0.5, 0.6) is 0 Å². The molecule has 19 heavy (non-hydrogen) atoms. The quantitative estimate of drug-likeness (QED) is 0.780. The van der Waals surface area contributed by atoms with E-state index in [-0.39, 0.29) is 0 Å². The SMILES string of the molecule is [CH3][Ge]([CH3])[CH](Cc1ccccc1)N1CCCCCC1=O. The van der Waals surface area contributed by atoms with Crippen LogP contribution in [0.3, 0.4) is 0 Å². The summed E-state index contributed by atoms with van der Waals surface area (Å²) in [5.41, 5.74) is 1.37. The van der Waals surface area contributed by atoms with E-state index in [2.05, 4.69) is 46.7 Å². The molecule has 0 bridgehead atoms. The number of hydrogen-bond donors (Lipinski definition) is 0. The Kier molecular flexibility index (Phi) is 5.49. The minimum atomic E-state index is -1.16. The van der Waals surface area contributed by atoms with Crippen LogP contribution in [-0.4, -0.2) is 36.6 Å². The number of benzene rings is 1. The Balaban J connectivity index is 2.12. The van der Waals surface area contributed by atoms with E-state index >= 15 is 0 Å². The Bertz CT molecular complexity index is 404. The monoisotopic (exact) mass is 320 g/mol. The van der Waals surface area contributed by atoms with Crippen molar-refractivity contribution in [3.8, 4) is 0 Å². The van der Waals surface area contributed by atoms with E-state index in [4.69, 9.17) is 0 Å². The molecule has 3 heteroatoms. The normalized spacial score (nSPS) is 18.5. The number of carbonyl (C=O) groups excluding carboxylic acids is 1. The fourth-order valence-electron chi connectivity index (χ4n) is 2.80. The number of likely N-dealkylation sites (tertiary alicyclic amines) is 1. The first kappa shape index (κ1) is 14.6. The van der Waals surface area contributed by atoms with Gasteiger partial charge in [-0.3, -0.25) is 0 Å². The molecule has 1 aliphatic heterocycles. The summed E-state index contributed by atoms with van der Waals surface area (Å²) in [4.78, 5) is 15.0. The molecule has 0 saturated carbocycles. The maximum absolute atomic E-state index is 12.3. The van der Waals surface area contributed by atoms with Crippen LogP contribution in [0.2, 0.25) is 11.5 Å². The summed E-state index contributed by atoms with van der Waals surface area (Å²) < 4.78 is 0. The van der Waals surface area contributed by atoms with E-state index in [0.29, 0.717) is 10.8 Å². The summed E-state index contributed by atoms with van der Waals surface area (Å²) in [6, 6.07) is 10.6. The Morgan fingerprint density at radius 3 is 2.58 bits per heavy atom. The molecule has 1 saturated heterocycles. The molecule has 1 aromatic rings. The van der Waals surface area contributed by atoms with Crippen molar-refractivity contribution in [2.45, 2.75) is 48.5 Å². The topological polar surface area (TPSA) is 20.3 Å². The molecule has 0 spiro atoms. The van der Waals surface area contributed by atoms with Crippen molar-refractivity contribution >= 4 is 20.3 Å². The molecule has 1 amide bonds. The van der Waals surface area contributed by atoms with Crippen molar-refractivity contribution in [3.05, 3.63) is 35.9 Å². The van der Waals surface area contributed by atoms with Crippen LogP contribution < -0.4 is 0 Å². The minimum absolute atomic E-state index is 0.395. The van der Waals surface area contributed by atoms with Gasteiger partial charge in [-0.15, -0.1) is 0 Å². The molecular weight excluding hydrogens is 295 g/mol. The van der Waals surface area contributed by atoms with Crippen LogP contribution in [0.1, 0.15) is 31.2 Å². The van der Waals surface area contributed by atoms with E-state index in [1.165, 1.54) is 18.4 Å². The van der Waals surface area contributed by atoms with Crippen LogP contribution in [-0.2, 0) is 11.2 Å². The Labute approximate surface area is 121 Å². The predicted molar refractivity (Wildman–Crippen MR) is 81.6 cm³/mol. The third kappa shape index (κ3) is 4.10. The summed E-state index contributed by atoms with van der Waals surface area (Å²) in [6.07, 6.45) is 5.29. The van der Waals surface area contributed by atoms with E-state index in [0.717, 1.165) is 25.8 Å². The van der Waals surface area contributed by atoms with Crippen molar-refractivity contribution in [2.75, 3.05) is 6.54 Å². The first-order chi connectivity index (χ1) is 9.18. The summed E-state index contributed by atoms with van der Waals surface area (Å²) in [5, 5.41) is 0. The molecule has 1 radical (unpaired) electrons. The number of nitrogens with zero attached hydrogens (tertiary/aromatic N) is 1. The summed E-state index contributed by atoms with van der Waals surface area (Å²) in [6.45, 7) is 0.981. The van der Waals surface area contributed by atoms with Crippen molar-refractivity contribution < 1.29 is 4.79 Å². The molecule has 103 valence electrons. The summed E-state index contributed by atoms with van der Waals surface area (Å²) >= 11 is -1.16. The second-order valence-electron chi connectivity index (χ2n) is 5.68. The van der Waals surface area contributed by atoms with Gasteiger partial charge in [0.2, 0.25) is 0 Å². The van der Waals surface area contributed by atoms with Gasteiger partial charge in [-0.2, -0.15) is 0 Å². The molecule has 1 atom stereocenters. The zero-order chi connectivity index (χ0) is 13.7. The molecule has 2 rings (SSSR count). The van der Waals surface area contributed by atoms with Gasteiger partial charge in [0.1, 0.15) is 0 Å². The zero-order valence-electron chi connectivity index (χ0n) is 12.1.